The highest BCUT2D eigenvalue weighted by Crippen LogP contribution is 2.21. The molecule has 4 aromatic rings. The summed E-state index contributed by atoms with van der Waals surface area (Å²) < 4.78 is 0. The molecule has 3 nitrogen and oxygen atoms in total. The molecule has 1 aromatic heterocycles. The van der Waals surface area contributed by atoms with Crippen molar-refractivity contribution in [1.29, 1.82) is 0 Å². The highest BCUT2D eigenvalue weighted by atomic mass is 16.1. The predicted molar refractivity (Wildman–Crippen MR) is 108 cm³/mol. The lowest BCUT2D eigenvalue weighted by Gasteiger charge is -2.19. The number of nitrogens with one attached hydrogen (secondary N) is 1. The SMILES string of the molecule is O=C(Cc1ccc2ccccc2c1)NC(c1ccccc1)c1ccccn1. The first-order chi connectivity index (χ1) is 13.3. The quantitative estimate of drug-likeness (QED) is 0.566. The number of pyridine rings is 1. The van der Waals surface area contributed by atoms with Crippen LogP contribution >= 0.6 is 0 Å². The Morgan fingerprint density at radius 1 is 0.815 bits per heavy atom. The first kappa shape index (κ1) is 17.0. The molecule has 1 amide bonds. The Bertz CT molecular complexity index is 1010. The number of rotatable bonds is 5. The van der Waals surface area contributed by atoms with Gasteiger partial charge in [0.2, 0.25) is 5.91 Å². The largest absolute Gasteiger partial charge is 0.343 e. The van der Waals surface area contributed by atoms with Gasteiger partial charge in [-0.05, 0) is 34.0 Å². The zero-order valence-electron chi connectivity index (χ0n) is 14.9. The zero-order chi connectivity index (χ0) is 18.5. The van der Waals surface area contributed by atoms with E-state index >= 15 is 0 Å². The Hall–Kier alpha value is -3.46. The summed E-state index contributed by atoms with van der Waals surface area (Å²) in [5.41, 5.74) is 2.85. The number of fused-ring (bicyclic) bond motifs is 1. The van der Waals surface area contributed by atoms with Crippen LogP contribution in [0, 0.1) is 0 Å². The summed E-state index contributed by atoms with van der Waals surface area (Å²) in [5.74, 6) is -0.0233. The van der Waals surface area contributed by atoms with Crippen molar-refractivity contribution < 1.29 is 4.79 Å². The number of carbonyl (C=O) groups excluding carboxylic acids is 1. The maximum Gasteiger partial charge on any atom is 0.225 e. The van der Waals surface area contributed by atoms with Crippen molar-refractivity contribution in [3.63, 3.8) is 0 Å². The second kappa shape index (κ2) is 7.83. The Balaban J connectivity index is 1.56. The van der Waals surface area contributed by atoms with Gasteiger partial charge in [-0.1, -0.05) is 78.9 Å². The molecule has 0 spiro atoms. The molecule has 0 aliphatic heterocycles. The molecule has 0 radical (unpaired) electrons. The summed E-state index contributed by atoms with van der Waals surface area (Å²) in [4.78, 5) is 17.2. The van der Waals surface area contributed by atoms with Crippen LogP contribution in [0.3, 0.4) is 0 Å². The monoisotopic (exact) mass is 352 g/mol. The minimum absolute atomic E-state index is 0.0233. The molecule has 0 aliphatic carbocycles. The van der Waals surface area contributed by atoms with Crippen molar-refractivity contribution in [3.8, 4) is 0 Å². The van der Waals surface area contributed by atoms with Crippen LogP contribution in [-0.2, 0) is 11.2 Å². The van der Waals surface area contributed by atoms with Crippen LogP contribution in [0.2, 0.25) is 0 Å². The number of nitrogens with zero attached hydrogens (tertiary/aromatic N) is 1. The van der Waals surface area contributed by atoms with E-state index in [9.17, 15) is 4.79 Å². The fourth-order valence-electron chi connectivity index (χ4n) is 3.27. The third-order valence-electron chi connectivity index (χ3n) is 4.60. The molecule has 3 aromatic carbocycles. The van der Waals surface area contributed by atoms with E-state index in [0.717, 1.165) is 22.2 Å². The van der Waals surface area contributed by atoms with Gasteiger partial charge in [-0.2, -0.15) is 0 Å². The van der Waals surface area contributed by atoms with Gasteiger partial charge in [-0.15, -0.1) is 0 Å². The molecule has 132 valence electrons. The van der Waals surface area contributed by atoms with Crippen molar-refractivity contribution in [3.05, 3.63) is 114 Å². The molecular formula is C24H20N2O. The number of amides is 1. The van der Waals surface area contributed by atoms with Gasteiger partial charge < -0.3 is 5.32 Å². The summed E-state index contributed by atoms with van der Waals surface area (Å²) >= 11 is 0. The van der Waals surface area contributed by atoms with Gasteiger partial charge in [0.05, 0.1) is 18.2 Å². The van der Waals surface area contributed by atoms with E-state index in [1.165, 1.54) is 5.39 Å². The van der Waals surface area contributed by atoms with Crippen LogP contribution in [0.4, 0.5) is 0 Å². The Morgan fingerprint density at radius 2 is 1.56 bits per heavy atom. The predicted octanol–water partition coefficient (Wildman–Crippen LogP) is 4.68. The summed E-state index contributed by atoms with van der Waals surface area (Å²) in [6, 6.07) is 29.7. The van der Waals surface area contributed by atoms with Crippen LogP contribution in [0.5, 0.6) is 0 Å². The number of aromatic nitrogens is 1. The van der Waals surface area contributed by atoms with Crippen molar-refractivity contribution >= 4 is 16.7 Å². The molecule has 1 heterocycles. The third-order valence-corrected chi connectivity index (χ3v) is 4.60. The molecule has 1 unspecified atom stereocenters. The van der Waals surface area contributed by atoms with Gasteiger partial charge >= 0.3 is 0 Å². The van der Waals surface area contributed by atoms with E-state index in [1.807, 2.05) is 66.7 Å². The molecule has 0 aliphatic rings. The molecule has 0 fully saturated rings. The minimum atomic E-state index is -0.264. The second-order valence-electron chi connectivity index (χ2n) is 6.52. The van der Waals surface area contributed by atoms with Crippen LogP contribution in [0.1, 0.15) is 22.9 Å². The zero-order valence-corrected chi connectivity index (χ0v) is 14.9. The molecule has 0 bridgehead atoms. The standard InChI is InChI=1S/C24H20N2O/c27-23(17-18-13-14-19-8-4-5-11-21(19)16-18)26-24(20-9-2-1-3-10-20)22-12-6-7-15-25-22/h1-16,24H,17H2,(H,26,27). The summed E-state index contributed by atoms with van der Waals surface area (Å²) in [7, 11) is 0. The van der Waals surface area contributed by atoms with Gasteiger partial charge in [-0.3, -0.25) is 9.78 Å². The van der Waals surface area contributed by atoms with Crippen molar-refractivity contribution in [2.75, 3.05) is 0 Å². The highest BCUT2D eigenvalue weighted by Gasteiger charge is 2.18. The molecule has 1 N–H and O–H groups in total. The molecular weight excluding hydrogens is 332 g/mol. The van der Waals surface area contributed by atoms with E-state index in [1.54, 1.807) is 6.20 Å². The van der Waals surface area contributed by atoms with Gasteiger partial charge in [0.25, 0.3) is 0 Å². The van der Waals surface area contributed by atoms with Gasteiger partial charge in [-0.25, -0.2) is 0 Å². The van der Waals surface area contributed by atoms with Gasteiger partial charge in [0, 0.05) is 6.20 Å². The van der Waals surface area contributed by atoms with Gasteiger partial charge in [0.1, 0.15) is 0 Å². The van der Waals surface area contributed by atoms with Crippen LogP contribution in [0.15, 0.2) is 97.2 Å². The molecule has 0 saturated heterocycles. The fraction of sp³-hybridized carbons (Fsp3) is 0.0833. The summed E-state index contributed by atoms with van der Waals surface area (Å²) in [5, 5.41) is 5.47. The van der Waals surface area contributed by atoms with E-state index in [-0.39, 0.29) is 11.9 Å². The van der Waals surface area contributed by atoms with Gasteiger partial charge in [0.15, 0.2) is 0 Å². The Labute approximate surface area is 158 Å². The molecule has 27 heavy (non-hydrogen) atoms. The first-order valence-corrected chi connectivity index (χ1v) is 9.02. The second-order valence-corrected chi connectivity index (χ2v) is 6.52. The minimum Gasteiger partial charge on any atom is -0.343 e. The number of benzene rings is 3. The lowest BCUT2D eigenvalue weighted by molar-refractivity contribution is -0.120. The summed E-state index contributed by atoms with van der Waals surface area (Å²) in [6.07, 6.45) is 2.09. The maximum atomic E-state index is 12.8. The smallest absolute Gasteiger partial charge is 0.225 e. The Morgan fingerprint density at radius 3 is 2.33 bits per heavy atom. The Kier molecular flexibility index (Phi) is 4.93. The maximum absolute atomic E-state index is 12.8. The number of hydrogen-bond donors (Lipinski definition) is 1. The van der Waals surface area contributed by atoms with E-state index in [4.69, 9.17) is 0 Å². The van der Waals surface area contributed by atoms with Crippen LogP contribution in [0.25, 0.3) is 10.8 Å². The topological polar surface area (TPSA) is 42.0 Å². The average molecular weight is 352 g/mol. The lowest BCUT2D eigenvalue weighted by Crippen LogP contribution is -2.31. The third kappa shape index (κ3) is 4.04. The van der Waals surface area contributed by atoms with Crippen molar-refractivity contribution in [2.24, 2.45) is 0 Å². The van der Waals surface area contributed by atoms with Crippen molar-refractivity contribution in [1.82, 2.24) is 10.3 Å². The molecule has 0 saturated carbocycles. The van der Waals surface area contributed by atoms with Crippen LogP contribution < -0.4 is 5.32 Å². The number of hydrogen-bond acceptors (Lipinski definition) is 2. The lowest BCUT2D eigenvalue weighted by atomic mass is 10.0. The first-order valence-electron chi connectivity index (χ1n) is 9.02. The summed E-state index contributed by atoms with van der Waals surface area (Å²) in [6.45, 7) is 0. The van der Waals surface area contributed by atoms with Crippen LogP contribution in [-0.4, -0.2) is 10.9 Å². The normalized spacial score (nSPS) is 11.9. The van der Waals surface area contributed by atoms with E-state index in [2.05, 4.69) is 34.6 Å². The van der Waals surface area contributed by atoms with E-state index in [0.29, 0.717) is 6.42 Å². The fourth-order valence-corrected chi connectivity index (χ4v) is 3.27. The van der Waals surface area contributed by atoms with Crippen molar-refractivity contribution in [2.45, 2.75) is 12.5 Å². The average Bonchev–Trinajstić information content (AvgIpc) is 2.73. The molecule has 4 rings (SSSR count). The number of carbonyl (C=O) groups is 1. The van der Waals surface area contributed by atoms with E-state index < -0.39 is 0 Å². The molecule has 1 atom stereocenters. The molecule has 3 heteroatoms. The highest BCUT2D eigenvalue weighted by molar-refractivity contribution is 5.85.